The smallest absolute Gasteiger partial charge is 0.326 e. The van der Waals surface area contributed by atoms with Gasteiger partial charge in [0, 0.05) is 18.4 Å². The standard InChI is InChI=1S/C20H20N6O7/c21-20-25-16-15(18(30)26-20)23-11(9-22-16)7-8-33-12-3-1-10(2-4-12)17(29)24-13(19(31)32)5-6-14(27)28/h1-4,9,13H,5-8H2,(H,24,29)(H,27,28)(H,31,32)(H3,21,22,25,26,30)/t13-/m0/s1. The number of hydrogen-bond acceptors (Lipinski definition) is 9. The maximum atomic E-state index is 12.3. The Hall–Kier alpha value is -4.55. The Labute approximate surface area is 185 Å². The lowest BCUT2D eigenvalue weighted by molar-refractivity contribution is -0.140. The van der Waals surface area contributed by atoms with E-state index in [1.54, 1.807) is 0 Å². The van der Waals surface area contributed by atoms with Crippen LogP contribution in [0.1, 0.15) is 28.9 Å². The Balaban J connectivity index is 1.55. The van der Waals surface area contributed by atoms with Crippen LogP contribution in [0.4, 0.5) is 5.95 Å². The predicted octanol–water partition coefficient (Wildman–Crippen LogP) is -0.0354. The first kappa shape index (κ1) is 23.1. The fraction of sp³-hybridized carbons (Fsp3) is 0.250. The van der Waals surface area contributed by atoms with Crippen LogP contribution in [-0.4, -0.2) is 60.6 Å². The lowest BCUT2D eigenvalue weighted by Gasteiger charge is -2.14. The molecule has 172 valence electrons. The molecule has 0 bridgehead atoms. The second-order valence-corrected chi connectivity index (χ2v) is 6.90. The van der Waals surface area contributed by atoms with Crippen LogP contribution in [0.2, 0.25) is 0 Å². The molecule has 1 atom stereocenters. The molecule has 0 aliphatic heterocycles. The summed E-state index contributed by atoms with van der Waals surface area (Å²) in [6.45, 7) is 0.211. The zero-order valence-electron chi connectivity index (χ0n) is 17.1. The van der Waals surface area contributed by atoms with E-state index in [0.717, 1.165) is 0 Å². The summed E-state index contributed by atoms with van der Waals surface area (Å²) >= 11 is 0. The summed E-state index contributed by atoms with van der Waals surface area (Å²) < 4.78 is 5.61. The van der Waals surface area contributed by atoms with Gasteiger partial charge in [-0.15, -0.1) is 0 Å². The first-order valence-electron chi connectivity index (χ1n) is 9.72. The van der Waals surface area contributed by atoms with Gasteiger partial charge in [0.25, 0.3) is 11.5 Å². The molecule has 3 rings (SSSR count). The number of carboxylic acid groups (broad SMARTS) is 2. The van der Waals surface area contributed by atoms with Crippen molar-refractivity contribution in [2.24, 2.45) is 0 Å². The number of carboxylic acids is 2. The monoisotopic (exact) mass is 456 g/mol. The van der Waals surface area contributed by atoms with Crippen molar-refractivity contribution in [1.82, 2.24) is 25.3 Å². The van der Waals surface area contributed by atoms with Gasteiger partial charge in [-0.05, 0) is 30.7 Å². The number of carbonyl (C=O) groups is 3. The number of rotatable bonds is 10. The van der Waals surface area contributed by atoms with E-state index in [1.165, 1.54) is 30.5 Å². The second-order valence-electron chi connectivity index (χ2n) is 6.90. The molecule has 0 saturated carbocycles. The first-order valence-corrected chi connectivity index (χ1v) is 9.72. The molecule has 0 saturated heterocycles. The van der Waals surface area contributed by atoms with Crippen LogP contribution in [0.15, 0.2) is 35.3 Å². The van der Waals surface area contributed by atoms with Crippen LogP contribution in [-0.2, 0) is 16.0 Å². The summed E-state index contributed by atoms with van der Waals surface area (Å²) in [5.74, 6) is -2.71. The maximum absolute atomic E-state index is 12.3. The zero-order valence-corrected chi connectivity index (χ0v) is 17.1. The molecule has 33 heavy (non-hydrogen) atoms. The topological polar surface area (TPSA) is 210 Å². The number of nitrogens with zero attached hydrogens (tertiary/aromatic N) is 3. The van der Waals surface area contributed by atoms with Crippen LogP contribution in [0.3, 0.4) is 0 Å². The van der Waals surface area contributed by atoms with Crippen LogP contribution in [0.5, 0.6) is 5.75 Å². The molecule has 0 spiro atoms. The molecule has 13 nitrogen and oxygen atoms in total. The van der Waals surface area contributed by atoms with E-state index in [0.29, 0.717) is 17.9 Å². The number of nitrogens with one attached hydrogen (secondary N) is 2. The number of anilines is 1. The van der Waals surface area contributed by atoms with Crippen LogP contribution in [0, 0.1) is 0 Å². The molecule has 1 aromatic carbocycles. The van der Waals surface area contributed by atoms with E-state index in [9.17, 15) is 19.2 Å². The number of nitrogen functional groups attached to an aromatic ring is 1. The molecule has 2 heterocycles. The van der Waals surface area contributed by atoms with Gasteiger partial charge in [-0.2, -0.15) is 4.98 Å². The van der Waals surface area contributed by atoms with Crippen LogP contribution < -0.4 is 21.3 Å². The molecule has 13 heteroatoms. The third-order valence-electron chi connectivity index (χ3n) is 4.48. The second kappa shape index (κ2) is 10.2. The molecule has 6 N–H and O–H groups in total. The summed E-state index contributed by atoms with van der Waals surface area (Å²) in [5, 5.41) is 20.1. The van der Waals surface area contributed by atoms with Gasteiger partial charge in [0.15, 0.2) is 11.2 Å². The van der Waals surface area contributed by atoms with E-state index in [1.807, 2.05) is 0 Å². The van der Waals surface area contributed by atoms with Crippen molar-refractivity contribution in [3.05, 3.63) is 52.1 Å². The Kier molecular flexibility index (Phi) is 7.13. The van der Waals surface area contributed by atoms with Crippen LogP contribution >= 0.6 is 0 Å². The Bertz CT molecular complexity index is 1240. The van der Waals surface area contributed by atoms with Gasteiger partial charge in [-0.1, -0.05) is 0 Å². The molecule has 0 unspecified atom stereocenters. The third-order valence-corrected chi connectivity index (χ3v) is 4.48. The molecule has 3 aromatic rings. The summed E-state index contributed by atoms with van der Waals surface area (Å²) in [4.78, 5) is 60.5. The van der Waals surface area contributed by atoms with E-state index >= 15 is 0 Å². The van der Waals surface area contributed by atoms with Crippen molar-refractivity contribution in [2.75, 3.05) is 12.3 Å². The summed E-state index contributed by atoms with van der Waals surface area (Å²) in [5.41, 5.74) is 5.89. The van der Waals surface area contributed by atoms with Gasteiger partial charge in [0.1, 0.15) is 11.8 Å². The molecule has 1 amide bonds. The highest BCUT2D eigenvalue weighted by Crippen LogP contribution is 2.13. The van der Waals surface area contributed by atoms with Gasteiger partial charge >= 0.3 is 11.9 Å². The predicted molar refractivity (Wildman–Crippen MR) is 114 cm³/mol. The lowest BCUT2D eigenvalue weighted by Crippen LogP contribution is -2.41. The molecule has 0 aliphatic carbocycles. The summed E-state index contributed by atoms with van der Waals surface area (Å²) in [6.07, 6.45) is 1.20. The highest BCUT2D eigenvalue weighted by molar-refractivity contribution is 5.96. The summed E-state index contributed by atoms with van der Waals surface area (Å²) in [6, 6.07) is 4.65. The number of ether oxygens (including phenoxy) is 1. The fourth-order valence-corrected chi connectivity index (χ4v) is 2.83. The average Bonchev–Trinajstić information content (AvgIpc) is 2.77. The van der Waals surface area contributed by atoms with Crippen molar-refractivity contribution < 1.29 is 29.3 Å². The number of benzene rings is 1. The quantitative estimate of drug-likeness (QED) is 0.273. The summed E-state index contributed by atoms with van der Waals surface area (Å²) in [7, 11) is 0. The number of aliphatic carboxylic acids is 2. The Morgan fingerprint density at radius 2 is 1.88 bits per heavy atom. The van der Waals surface area contributed by atoms with Crippen molar-refractivity contribution in [2.45, 2.75) is 25.3 Å². The number of H-pyrrole nitrogens is 1. The highest BCUT2D eigenvalue weighted by atomic mass is 16.5. The number of aromatic amines is 1. The first-order chi connectivity index (χ1) is 15.7. The normalized spacial score (nSPS) is 11.6. The van der Waals surface area contributed by atoms with Crippen molar-refractivity contribution in [3.63, 3.8) is 0 Å². The lowest BCUT2D eigenvalue weighted by atomic mass is 10.1. The molecular weight excluding hydrogens is 436 g/mol. The van der Waals surface area contributed by atoms with Gasteiger partial charge < -0.3 is 26.0 Å². The SMILES string of the molecule is Nc1nc2ncc(CCOc3ccc(C(=O)N[C@@H](CCC(=O)O)C(=O)O)cc3)nc2c(=O)[nH]1. The van der Waals surface area contributed by atoms with Gasteiger partial charge in [-0.3, -0.25) is 19.4 Å². The van der Waals surface area contributed by atoms with Crippen molar-refractivity contribution in [3.8, 4) is 5.75 Å². The number of aromatic nitrogens is 4. The van der Waals surface area contributed by atoms with Crippen molar-refractivity contribution in [1.29, 1.82) is 0 Å². The number of hydrogen-bond donors (Lipinski definition) is 5. The Morgan fingerprint density at radius 1 is 1.15 bits per heavy atom. The number of amides is 1. The van der Waals surface area contributed by atoms with Gasteiger partial charge in [-0.25, -0.2) is 14.8 Å². The molecule has 2 aromatic heterocycles. The fourth-order valence-electron chi connectivity index (χ4n) is 2.83. The minimum atomic E-state index is -1.32. The Morgan fingerprint density at radius 3 is 2.55 bits per heavy atom. The molecule has 0 fully saturated rings. The maximum Gasteiger partial charge on any atom is 0.326 e. The van der Waals surface area contributed by atoms with Crippen molar-refractivity contribution >= 4 is 35.0 Å². The number of fused-ring (bicyclic) bond motifs is 1. The van der Waals surface area contributed by atoms with E-state index in [-0.39, 0.29) is 42.1 Å². The third kappa shape index (κ3) is 6.22. The van der Waals surface area contributed by atoms with E-state index in [2.05, 4.69) is 25.3 Å². The van der Waals surface area contributed by atoms with Gasteiger partial charge in [0.05, 0.1) is 18.5 Å². The number of nitrogens with two attached hydrogens (primary N) is 1. The largest absolute Gasteiger partial charge is 0.493 e. The zero-order chi connectivity index (χ0) is 24.0. The minimum Gasteiger partial charge on any atom is -0.493 e. The van der Waals surface area contributed by atoms with E-state index in [4.69, 9.17) is 20.7 Å². The molecular formula is C20H20N6O7. The van der Waals surface area contributed by atoms with Crippen LogP contribution in [0.25, 0.3) is 11.2 Å². The highest BCUT2D eigenvalue weighted by Gasteiger charge is 2.21. The van der Waals surface area contributed by atoms with Gasteiger partial charge in [0.2, 0.25) is 5.95 Å². The minimum absolute atomic E-state index is 0.0475. The van der Waals surface area contributed by atoms with E-state index < -0.39 is 29.4 Å². The molecule has 0 aliphatic rings. The molecule has 0 radical (unpaired) electrons. The average molecular weight is 456 g/mol. The number of carbonyl (C=O) groups excluding carboxylic acids is 1.